The molecule has 0 radical (unpaired) electrons. The van der Waals surface area contributed by atoms with Gasteiger partial charge in [-0.1, -0.05) is 18.5 Å². The van der Waals surface area contributed by atoms with Gasteiger partial charge >= 0.3 is 0 Å². The molecule has 0 amide bonds. The second-order valence-corrected chi connectivity index (χ2v) is 8.04. The van der Waals surface area contributed by atoms with Crippen LogP contribution in [0.3, 0.4) is 0 Å². The van der Waals surface area contributed by atoms with Crippen molar-refractivity contribution in [3.05, 3.63) is 46.4 Å². The van der Waals surface area contributed by atoms with Gasteiger partial charge in [-0.15, -0.1) is 24.8 Å². The van der Waals surface area contributed by atoms with Crippen LogP contribution in [0.4, 0.5) is 11.5 Å². The molecule has 3 heterocycles. The van der Waals surface area contributed by atoms with Crippen LogP contribution in [0.25, 0.3) is 0 Å². The topological polar surface area (TPSA) is 61.3 Å². The molecule has 0 bridgehead atoms. The maximum atomic E-state index is 10.3. The SMILES string of the molecule is C[C@@H]1C[C@@H](O)c2ncnc(N3CC4(CCNC4)c4cc(Cl)ccc43)c21.Cl.Cl. The largest absolute Gasteiger partial charge is 0.387 e. The van der Waals surface area contributed by atoms with Gasteiger partial charge in [0.15, 0.2) is 0 Å². The van der Waals surface area contributed by atoms with Gasteiger partial charge in [0.05, 0.1) is 11.8 Å². The average molecular weight is 430 g/mol. The molecule has 1 spiro atoms. The van der Waals surface area contributed by atoms with Crippen molar-refractivity contribution in [3.8, 4) is 0 Å². The molecule has 1 unspecified atom stereocenters. The van der Waals surface area contributed by atoms with Crippen molar-refractivity contribution in [2.75, 3.05) is 24.5 Å². The summed E-state index contributed by atoms with van der Waals surface area (Å²) in [6.07, 6.45) is 2.92. The van der Waals surface area contributed by atoms with E-state index in [-0.39, 0.29) is 36.1 Å². The van der Waals surface area contributed by atoms with Crippen LogP contribution in [0.1, 0.15) is 48.6 Å². The molecule has 8 heteroatoms. The molecule has 1 aromatic heterocycles. The molecule has 2 aliphatic heterocycles. The van der Waals surface area contributed by atoms with Gasteiger partial charge < -0.3 is 15.3 Å². The lowest BCUT2D eigenvalue weighted by atomic mass is 9.82. The lowest BCUT2D eigenvalue weighted by Gasteiger charge is -2.26. The van der Waals surface area contributed by atoms with Crippen LogP contribution in [0, 0.1) is 0 Å². The Balaban J connectivity index is 0.00000105. The number of aliphatic hydroxyl groups is 1. The number of halogens is 3. The van der Waals surface area contributed by atoms with Gasteiger partial charge in [0.2, 0.25) is 0 Å². The van der Waals surface area contributed by atoms with Gasteiger partial charge in [-0.2, -0.15) is 0 Å². The molecular weight excluding hydrogens is 407 g/mol. The number of nitrogens with one attached hydrogen (secondary N) is 1. The van der Waals surface area contributed by atoms with Crippen molar-refractivity contribution in [2.24, 2.45) is 0 Å². The average Bonchev–Trinajstić information content (AvgIpc) is 3.27. The summed E-state index contributed by atoms with van der Waals surface area (Å²) < 4.78 is 0. The fourth-order valence-electron chi connectivity index (χ4n) is 4.86. The third-order valence-corrected chi connectivity index (χ3v) is 6.29. The van der Waals surface area contributed by atoms with E-state index in [4.69, 9.17) is 11.6 Å². The van der Waals surface area contributed by atoms with Gasteiger partial charge in [-0.3, -0.25) is 0 Å². The lowest BCUT2D eigenvalue weighted by Crippen LogP contribution is -2.34. The Morgan fingerprint density at radius 1 is 1.30 bits per heavy atom. The molecule has 3 atom stereocenters. The van der Waals surface area contributed by atoms with Gasteiger partial charge in [0, 0.05) is 34.8 Å². The first-order chi connectivity index (χ1) is 12.1. The molecule has 27 heavy (non-hydrogen) atoms. The van der Waals surface area contributed by atoms with Crippen LogP contribution in [0.5, 0.6) is 0 Å². The number of hydrogen-bond donors (Lipinski definition) is 2. The Morgan fingerprint density at radius 2 is 2.11 bits per heavy atom. The Morgan fingerprint density at radius 3 is 2.85 bits per heavy atom. The summed E-state index contributed by atoms with van der Waals surface area (Å²) in [6.45, 7) is 5.02. The van der Waals surface area contributed by atoms with Crippen LogP contribution in [0.2, 0.25) is 5.02 Å². The van der Waals surface area contributed by atoms with Crippen LogP contribution in [0.15, 0.2) is 24.5 Å². The lowest BCUT2D eigenvalue weighted by molar-refractivity contribution is 0.170. The molecular formula is C19H23Cl3N4O. The minimum atomic E-state index is -0.485. The highest BCUT2D eigenvalue weighted by atomic mass is 35.5. The molecule has 1 fully saturated rings. The van der Waals surface area contributed by atoms with Crippen molar-refractivity contribution in [1.82, 2.24) is 15.3 Å². The highest BCUT2D eigenvalue weighted by molar-refractivity contribution is 6.30. The van der Waals surface area contributed by atoms with Crippen LogP contribution in [-0.4, -0.2) is 34.7 Å². The third kappa shape index (κ3) is 3.00. The highest BCUT2D eigenvalue weighted by Gasteiger charge is 2.47. The zero-order valence-corrected chi connectivity index (χ0v) is 17.4. The predicted molar refractivity (Wildman–Crippen MR) is 112 cm³/mol. The van der Waals surface area contributed by atoms with E-state index in [1.165, 1.54) is 11.3 Å². The zero-order valence-electron chi connectivity index (χ0n) is 15.0. The number of hydrogen-bond acceptors (Lipinski definition) is 5. The molecule has 1 aliphatic carbocycles. The third-order valence-electron chi connectivity index (χ3n) is 6.06. The van der Waals surface area contributed by atoms with E-state index < -0.39 is 6.10 Å². The van der Waals surface area contributed by atoms with Crippen molar-refractivity contribution in [2.45, 2.75) is 37.2 Å². The van der Waals surface area contributed by atoms with Gasteiger partial charge in [0.25, 0.3) is 0 Å². The van der Waals surface area contributed by atoms with Crippen LogP contribution >= 0.6 is 36.4 Å². The molecule has 2 aromatic rings. The Hall–Kier alpha value is -1.11. The van der Waals surface area contributed by atoms with E-state index in [2.05, 4.69) is 39.2 Å². The standard InChI is InChI=1S/C19H21ClN4O.2ClH/c1-11-6-15(25)17-16(11)18(23-10-22-17)24-9-19(4-5-21-8-19)13-7-12(20)2-3-14(13)24;;/h2-3,7,10-11,15,21,25H,4-6,8-9H2,1H3;2*1H/t11-,15-,19?;;/m1../s1. The summed E-state index contributed by atoms with van der Waals surface area (Å²) in [6, 6.07) is 6.17. The fourth-order valence-corrected chi connectivity index (χ4v) is 5.03. The number of rotatable bonds is 1. The van der Waals surface area contributed by atoms with Crippen LogP contribution in [-0.2, 0) is 5.41 Å². The number of aromatic nitrogens is 2. The first-order valence-corrected chi connectivity index (χ1v) is 9.28. The first kappa shape index (κ1) is 20.6. The maximum absolute atomic E-state index is 10.3. The molecule has 146 valence electrons. The second kappa shape index (κ2) is 7.37. The number of fused-ring (bicyclic) bond motifs is 3. The molecule has 3 aliphatic rings. The number of anilines is 2. The maximum Gasteiger partial charge on any atom is 0.140 e. The number of nitrogens with zero attached hydrogens (tertiary/aromatic N) is 3. The zero-order chi connectivity index (χ0) is 17.2. The summed E-state index contributed by atoms with van der Waals surface area (Å²) in [5.74, 6) is 1.21. The molecule has 0 saturated carbocycles. The van der Waals surface area contributed by atoms with Gasteiger partial charge in [0.1, 0.15) is 12.1 Å². The summed E-state index contributed by atoms with van der Waals surface area (Å²) in [4.78, 5) is 11.3. The summed E-state index contributed by atoms with van der Waals surface area (Å²) in [5.41, 5.74) is 4.46. The molecule has 5 rings (SSSR count). The second-order valence-electron chi connectivity index (χ2n) is 7.60. The summed E-state index contributed by atoms with van der Waals surface area (Å²) in [5, 5.41) is 14.6. The number of aliphatic hydroxyl groups excluding tert-OH is 1. The van der Waals surface area contributed by atoms with E-state index in [9.17, 15) is 5.11 Å². The van der Waals surface area contributed by atoms with Gasteiger partial charge in [-0.05, 0) is 49.1 Å². The Kier molecular flexibility index (Phi) is 5.63. The quantitative estimate of drug-likeness (QED) is 0.720. The van der Waals surface area contributed by atoms with Gasteiger partial charge in [-0.25, -0.2) is 9.97 Å². The fraction of sp³-hybridized carbons (Fsp3) is 0.474. The minimum Gasteiger partial charge on any atom is -0.387 e. The van der Waals surface area contributed by atoms with E-state index in [0.29, 0.717) is 0 Å². The summed E-state index contributed by atoms with van der Waals surface area (Å²) >= 11 is 6.32. The van der Waals surface area contributed by atoms with E-state index in [1.807, 2.05) is 6.07 Å². The number of benzene rings is 1. The minimum absolute atomic E-state index is 0. The highest BCUT2D eigenvalue weighted by Crippen LogP contribution is 2.51. The normalized spacial score (nSPS) is 27.9. The van der Waals surface area contributed by atoms with Crippen LogP contribution < -0.4 is 10.2 Å². The van der Waals surface area contributed by atoms with E-state index >= 15 is 0 Å². The van der Waals surface area contributed by atoms with Crippen molar-refractivity contribution in [3.63, 3.8) is 0 Å². The van der Waals surface area contributed by atoms with E-state index in [1.54, 1.807) is 6.33 Å². The van der Waals surface area contributed by atoms with Crippen molar-refractivity contribution < 1.29 is 5.11 Å². The molecule has 1 saturated heterocycles. The smallest absolute Gasteiger partial charge is 0.140 e. The van der Waals surface area contributed by atoms with E-state index in [0.717, 1.165) is 54.6 Å². The molecule has 1 aromatic carbocycles. The molecule has 5 nitrogen and oxygen atoms in total. The predicted octanol–water partition coefficient (Wildman–Crippen LogP) is 3.90. The Bertz CT molecular complexity index is 857. The summed E-state index contributed by atoms with van der Waals surface area (Å²) in [7, 11) is 0. The first-order valence-electron chi connectivity index (χ1n) is 8.90. The monoisotopic (exact) mass is 428 g/mol. The Labute approximate surface area is 176 Å². The van der Waals surface area contributed by atoms with Crippen molar-refractivity contribution in [1.29, 1.82) is 0 Å². The molecule has 2 N–H and O–H groups in total. The van der Waals surface area contributed by atoms with Crippen molar-refractivity contribution >= 4 is 47.9 Å².